The molecule has 1 amide bonds. The van der Waals surface area contributed by atoms with Gasteiger partial charge in [-0.3, -0.25) is 4.79 Å². The molecule has 0 atom stereocenters. The van der Waals surface area contributed by atoms with Crippen molar-refractivity contribution in [2.75, 3.05) is 11.9 Å². The number of ether oxygens (including phenoxy) is 1. The van der Waals surface area contributed by atoms with Crippen LogP contribution in [0, 0.1) is 23.7 Å². The number of carbonyl (C=O) groups excluding carboxylic acids is 1. The Hall–Kier alpha value is -3.59. The molecule has 1 aromatic heterocycles. The monoisotopic (exact) mass is 388 g/mol. The molecule has 0 fully saturated rings. The Balaban J connectivity index is 1.77. The molecular formula is C23H24N4O2. The van der Waals surface area contributed by atoms with Gasteiger partial charge in [-0.1, -0.05) is 39.0 Å². The maximum atomic E-state index is 12.7. The zero-order valence-corrected chi connectivity index (χ0v) is 17.1. The molecule has 3 rings (SSSR count). The lowest BCUT2D eigenvalue weighted by atomic mass is 9.98. The number of nitrogens with one attached hydrogen (secondary N) is 1. The Morgan fingerprint density at radius 3 is 2.59 bits per heavy atom. The smallest absolute Gasteiger partial charge is 0.259 e. The van der Waals surface area contributed by atoms with Crippen molar-refractivity contribution in [2.45, 2.75) is 27.7 Å². The molecule has 0 aliphatic heterocycles. The van der Waals surface area contributed by atoms with Crippen LogP contribution in [0.4, 0.5) is 5.69 Å². The molecule has 0 bridgehead atoms. The molecule has 0 spiro atoms. The summed E-state index contributed by atoms with van der Waals surface area (Å²) in [6.45, 7) is 8.46. The quantitative estimate of drug-likeness (QED) is 0.685. The largest absolute Gasteiger partial charge is 0.492 e. The highest BCUT2D eigenvalue weighted by Crippen LogP contribution is 2.25. The van der Waals surface area contributed by atoms with E-state index in [1.807, 2.05) is 30.3 Å². The highest BCUT2D eigenvalue weighted by Gasteiger charge is 2.16. The Morgan fingerprint density at radius 1 is 1.21 bits per heavy atom. The van der Waals surface area contributed by atoms with Crippen LogP contribution in [0.3, 0.4) is 0 Å². The van der Waals surface area contributed by atoms with Crippen LogP contribution in [-0.2, 0) is 0 Å². The summed E-state index contributed by atoms with van der Waals surface area (Å²) in [7, 11) is 0. The molecule has 0 unspecified atom stereocenters. The summed E-state index contributed by atoms with van der Waals surface area (Å²) in [6, 6.07) is 16.8. The van der Waals surface area contributed by atoms with Gasteiger partial charge in [0.2, 0.25) is 0 Å². The summed E-state index contributed by atoms with van der Waals surface area (Å²) < 4.78 is 7.43. The number of hydrogen-bond acceptors (Lipinski definition) is 4. The van der Waals surface area contributed by atoms with E-state index in [2.05, 4.69) is 37.3 Å². The average Bonchev–Trinajstić information content (AvgIpc) is 3.08. The first-order chi connectivity index (χ1) is 13.8. The van der Waals surface area contributed by atoms with Gasteiger partial charge in [-0.15, -0.1) is 0 Å². The second-order valence-electron chi connectivity index (χ2n) is 8.03. The molecule has 3 aromatic rings. The molecule has 1 N–H and O–H groups in total. The summed E-state index contributed by atoms with van der Waals surface area (Å²) in [5.74, 6) is 0.227. The van der Waals surface area contributed by atoms with Crippen molar-refractivity contribution in [3.05, 3.63) is 71.5 Å². The summed E-state index contributed by atoms with van der Waals surface area (Å²) in [6.07, 6.45) is 1.70. The summed E-state index contributed by atoms with van der Waals surface area (Å²) >= 11 is 0. The van der Waals surface area contributed by atoms with Crippen LogP contribution in [0.25, 0.3) is 5.69 Å². The molecule has 0 aliphatic rings. The van der Waals surface area contributed by atoms with Crippen molar-refractivity contribution in [2.24, 2.45) is 5.41 Å². The van der Waals surface area contributed by atoms with Crippen molar-refractivity contribution in [3.8, 4) is 17.5 Å². The molecule has 0 saturated carbocycles. The summed E-state index contributed by atoms with van der Waals surface area (Å²) in [4.78, 5) is 12.7. The molecule has 2 aromatic carbocycles. The number of rotatable bonds is 5. The Morgan fingerprint density at radius 2 is 1.93 bits per heavy atom. The van der Waals surface area contributed by atoms with E-state index >= 15 is 0 Å². The van der Waals surface area contributed by atoms with Crippen molar-refractivity contribution >= 4 is 11.6 Å². The van der Waals surface area contributed by atoms with Gasteiger partial charge in [0.25, 0.3) is 5.91 Å². The number of para-hydroxylation sites is 1. The molecule has 0 aliphatic carbocycles. The third-order valence-electron chi connectivity index (χ3n) is 4.18. The minimum atomic E-state index is -0.281. The van der Waals surface area contributed by atoms with Gasteiger partial charge >= 0.3 is 0 Å². The second-order valence-corrected chi connectivity index (χ2v) is 8.03. The maximum absolute atomic E-state index is 12.7. The van der Waals surface area contributed by atoms with Crippen molar-refractivity contribution in [3.63, 3.8) is 0 Å². The van der Waals surface area contributed by atoms with Crippen molar-refractivity contribution in [1.82, 2.24) is 9.78 Å². The zero-order chi connectivity index (χ0) is 21.0. The van der Waals surface area contributed by atoms with Crippen molar-refractivity contribution in [1.29, 1.82) is 5.26 Å². The van der Waals surface area contributed by atoms with Gasteiger partial charge in [-0.2, -0.15) is 10.4 Å². The fourth-order valence-corrected chi connectivity index (χ4v) is 2.71. The Labute approximate surface area is 170 Å². The predicted octanol–water partition coefficient (Wildman–Crippen LogP) is 4.73. The number of anilines is 1. The fourth-order valence-electron chi connectivity index (χ4n) is 2.71. The average molecular weight is 388 g/mol. The van der Waals surface area contributed by atoms with Crippen LogP contribution < -0.4 is 10.1 Å². The van der Waals surface area contributed by atoms with Gasteiger partial charge in [0.05, 0.1) is 29.1 Å². The van der Waals surface area contributed by atoms with E-state index < -0.39 is 0 Å². The van der Waals surface area contributed by atoms with Gasteiger partial charge in [-0.25, -0.2) is 4.68 Å². The first-order valence-electron chi connectivity index (χ1n) is 9.37. The number of hydrogen-bond donors (Lipinski definition) is 1. The third-order valence-corrected chi connectivity index (χ3v) is 4.18. The number of carbonyl (C=O) groups is 1. The van der Waals surface area contributed by atoms with Crippen molar-refractivity contribution < 1.29 is 9.53 Å². The first-order valence-corrected chi connectivity index (χ1v) is 9.37. The lowest BCUT2D eigenvalue weighted by Gasteiger charge is -2.19. The molecule has 29 heavy (non-hydrogen) atoms. The lowest BCUT2D eigenvalue weighted by molar-refractivity contribution is 0.102. The molecular weight excluding hydrogens is 364 g/mol. The lowest BCUT2D eigenvalue weighted by Crippen LogP contribution is -2.17. The van der Waals surface area contributed by atoms with Crippen LogP contribution >= 0.6 is 0 Å². The molecule has 6 nitrogen and oxygen atoms in total. The van der Waals surface area contributed by atoms with Gasteiger partial charge in [0.1, 0.15) is 11.8 Å². The molecule has 0 saturated heterocycles. The summed E-state index contributed by atoms with van der Waals surface area (Å²) in [5, 5.41) is 16.7. The number of nitriles is 1. The van der Waals surface area contributed by atoms with Gasteiger partial charge in [0.15, 0.2) is 0 Å². The standard InChI is InChI=1S/C23H24N4O2/c1-16-20(14-27(26-16)19-8-6-5-7-9-19)22(28)25-18-10-11-21(17(12-18)13-24)29-15-23(2,3)4/h5-12,14H,15H2,1-4H3,(H,25,28). The number of nitrogens with zero attached hydrogens (tertiary/aromatic N) is 3. The van der Waals surface area contributed by atoms with Crippen LogP contribution in [-0.4, -0.2) is 22.3 Å². The highest BCUT2D eigenvalue weighted by atomic mass is 16.5. The number of aryl methyl sites for hydroxylation is 1. The van der Waals surface area contributed by atoms with Gasteiger partial charge < -0.3 is 10.1 Å². The van der Waals surface area contributed by atoms with Crippen LogP contribution in [0.2, 0.25) is 0 Å². The fraction of sp³-hybridized carbons (Fsp3) is 0.261. The minimum absolute atomic E-state index is 0.0178. The van der Waals surface area contributed by atoms with E-state index in [4.69, 9.17) is 4.74 Å². The predicted molar refractivity (Wildman–Crippen MR) is 112 cm³/mol. The van der Waals surface area contributed by atoms with Gasteiger partial charge in [0, 0.05) is 11.9 Å². The first kappa shape index (κ1) is 20.2. The Bertz CT molecular complexity index is 1060. The van der Waals surface area contributed by atoms with Crippen LogP contribution in [0.1, 0.15) is 42.4 Å². The SMILES string of the molecule is Cc1nn(-c2ccccc2)cc1C(=O)Nc1ccc(OCC(C)(C)C)c(C#N)c1. The van der Waals surface area contributed by atoms with Crippen LogP contribution in [0.15, 0.2) is 54.7 Å². The molecule has 148 valence electrons. The zero-order valence-electron chi connectivity index (χ0n) is 17.1. The summed E-state index contributed by atoms with van der Waals surface area (Å²) in [5.41, 5.74) is 2.86. The second kappa shape index (κ2) is 8.19. The van der Waals surface area contributed by atoms with E-state index in [0.717, 1.165) is 5.69 Å². The van der Waals surface area contributed by atoms with E-state index in [9.17, 15) is 10.1 Å². The molecule has 6 heteroatoms. The van der Waals surface area contributed by atoms with E-state index in [1.165, 1.54) is 0 Å². The Kier molecular flexibility index (Phi) is 5.69. The third kappa shape index (κ3) is 5.02. The maximum Gasteiger partial charge on any atom is 0.259 e. The van der Waals surface area contributed by atoms with Gasteiger partial charge in [-0.05, 0) is 42.7 Å². The van der Waals surface area contributed by atoms with E-state index in [0.29, 0.717) is 34.9 Å². The number of benzene rings is 2. The molecule has 0 radical (unpaired) electrons. The molecule has 1 heterocycles. The normalized spacial score (nSPS) is 11.0. The van der Waals surface area contributed by atoms with E-state index in [-0.39, 0.29) is 11.3 Å². The number of amides is 1. The number of aromatic nitrogens is 2. The minimum Gasteiger partial charge on any atom is -0.492 e. The highest BCUT2D eigenvalue weighted by molar-refractivity contribution is 6.05. The topological polar surface area (TPSA) is 79.9 Å². The van der Waals surface area contributed by atoms with Crippen LogP contribution in [0.5, 0.6) is 5.75 Å². The van der Waals surface area contributed by atoms with E-state index in [1.54, 1.807) is 36.0 Å².